The van der Waals surface area contributed by atoms with Crippen molar-refractivity contribution in [2.75, 3.05) is 13.2 Å². The smallest absolute Gasteiger partial charge is 0.410 e. The van der Waals surface area contributed by atoms with Crippen molar-refractivity contribution in [3.8, 4) is 0 Å². The van der Waals surface area contributed by atoms with E-state index in [0.717, 1.165) is 31.4 Å². The Hall–Kier alpha value is -0.813. The number of amides is 1. The fourth-order valence-corrected chi connectivity index (χ4v) is 3.10. The van der Waals surface area contributed by atoms with Gasteiger partial charge in [0, 0.05) is 13.2 Å². The molecule has 1 fully saturated rings. The van der Waals surface area contributed by atoms with Gasteiger partial charge in [-0.3, -0.25) is 0 Å². The predicted octanol–water partition coefficient (Wildman–Crippen LogP) is 4.18. The lowest BCUT2D eigenvalue weighted by Crippen LogP contribution is -2.40. The number of nitrogens with zero attached hydrogens (tertiary/aromatic N) is 1. The number of carbonyl (C=O) groups is 1. The third-order valence-electron chi connectivity index (χ3n) is 3.31. The number of carbonyl (C=O) groups excluding carboxylic acids is 1. The van der Waals surface area contributed by atoms with Crippen molar-refractivity contribution in [2.24, 2.45) is 0 Å². The molecule has 0 bridgehead atoms. The molecular weight excluding hydrogens is 282 g/mol. The van der Waals surface area contributed by atoms with Gasteiger partial charge in [0.1, 0.15) is 5.60 Å². The number of likely N-dealkylation sites (tertiary alicyclic amines) is 1. The highest BCUT2D eigenvalue weighted by atomic mass is 28.4. The maximum Gasteiger partial charge on any atom is 0.410 e. The first-order valence-electron chi connectivity index (χ1n) is 7.81. The molecule has 0 aromatic rings. The van der Waals surface area contributed by atoms with E-state index in [1.54, 1.807) is 0 Å². The Labute approximate surface area is 130 Å². The molecule has 1 aliphatic heterocycles. The molecule has 0 saturated carbocycles. The van der Waals surface area contributed by atoms with Crippen LogP contribution in [-0.4, -0.2) is 44.1 Å². The highest BCUT2D eigenvalue weighted by molar-refractivity contribution is 6.69. The van der Waals surface area contributed by atoms with Crippen LogP contribution in [0.4, 0.5) is 4.79 Å². The second-order valence-corrected chi connectivity index (χ2v) is 12.2. The summed E-state index contributed by atoms with van der Waals surface area (Å²) in [6.07, 6.45) is 2.58. The van der Waals surface area contributed by atoms with Gasteiger partial charge in [0.05, 0.1) is 6.04 Å². The van der Waals surface area contributed by atoms with Crippen molar-refractivity contribution in [2.45, 2.75) is 71.3 Å². The van der Waals surface area contributed by atoms with Crippen LogP contribution in [0.2, 0.25) is 19.6 Å². The van der Waals surface area contributed by atoms with E-state index in [2.05, 4.69) is 26.2 Å². The van der Waals surface area contributed by atoms with Crippen LogP contribution in [0.1, 0.15) is 40.0 Å². The molecule has 4 nitrogen and oxygen atoms in total. The molecule has 1 saturated heterocycles. The van der Waals surface area contributed by atoms with Crippen LogP contribution in [0, 0.1) is 0 Å². The molecule has 21 heavy (non-hydrogen) atoms. The first kappa shape index (κ1) is 18.2. The monoisotopic (exact) mass is 313 g/mol. The van der Waals surface area contributed by atoms with E-state index in [0.29, 0.717) is 6.61 Å². The number of hydrogen-bond acceptors (Lipinski definition) is 3. The van der Waals surface area contributed by atoms with E-state index in [1.165, 1.54) is 0 Å². The maximum absolute atomic E-state index is 12.2. The van der Waals surface area contributed by atoms with E-state index in [1.807, 2.05) is 25.7 Å². The first-order chi connectivity index (χ1) is 9.49. The fraction of sp³-hybridized carbons (Fsp3) is 0.812. The first-order valence-corrected chi connectivity index (χ1v) is 11.2. The highest BCUT2D eigenvalue weighted by Crippen LogP contribution is 2.26. The Kier molecular flexibility index (Phi) is 6.05. The summed E-state index contributed by atoms with van der Waals surface area (Å²) in [5, 5.41) is 0. The minimum absolute atomic E-state index is 0.102. The number of rotatable bonds is 5. The van der Waals surface area contributed by atoms with Crippen LogP contribution in [0.25, 0.3) is 0 Å². The van der Waals surface area contributed by atoms with Crippen LogP contribution < -0.4 is 0 Å². The van der Waals surface area contributed by atoms with Crippen molar-refractivity contribution >= 4 is 14.4 Å². The van der Waals surface area contributed by atoms with Crippen molar-refractivity contribution in [1.29, 1.82) is 0 Å². The van der Waals surface area contributed by atoms with Gasteiger partial charge >= 0.3 is 6.09 Å². The maximum atomic E-state index is 12.2. The molecule has 0 aliphatic carbocycles. The second-order valence-electron chi connectivity index (χ2n) is 7.70. The van der Waals surface area contributed by atoms with Gasteiger partial charge in [0.25, 0.3) is 0 Å². The van der Waals surface area contributed by atoms with Crippen LogP contribution in [0.5, 0.6) is 0 Å². The van der Waals surface area contributed by atoms with Crippen LogP contribution in [0.3, 0.4) is 0 Å². The zero-order valence-corrected chi connectivity index (χ0v) is 15.5. The van der Waals surface area contributed by atoms with E-state index in [9.17, 15) is 4.79 Å². The lowest BCUT2D eigenvalue weighted by Gasteiger charge is -2.30. The second kappa shape index (κ2) is 6.96. The minimum atomic E-state index is -1.48. The summed E-state index contributed by atoms with van der Waals surface area (Å²) in [6.45, 7) is 17.9. The lowest BCUT2D eigenvalue weighted by atomic mass is 10.0. The van der Waals surface area contributed by atoms with Crippen molar-refractivity contribution in [3.63, 3.8) is 0 Å². The Morgan fingerprint density at radius 1 is 1.33 bits per heavy atom. The molecule has 1 atom stereocenters. The largest absolute Gasteiger partial charge is 0.444 e. The molecule has 0 aromatic heterocycles. The van der Waals surface area contributed by atoms with E-state index < -0.39 is 13.9 Å². The van der Waals surface area contributed by atoms with Gasteiger partial charge in [0.2, 0.25) is 0 Å². The summed E-state index contributed by atoms with van der Waals surface area (Å²) in [6, 6.07) is 0.102. The Morgan fingerprint density at radius 3 is 2.48 bits per heavy atom. The summed E-state index contributed by atoms with van der Waals surface area (Å²) >= 11 is 0. The van der Waals surface area contributed by atoms with Gasteiger partial charge in [-0.15, -0.1) is 0 Å². The Bertz CT molecular complexity index is 382. The molecule has 1 rings (SSSR count). The molecule has 1 unspecified atom stereocenters. The Morgan fingerprint density at radius 2 is 1.95 bits per heavy atom. The van der Waals surface area contributed by atoms with E-state index >= 15 is 0 Å². The van der Waals surface area contributed by atoms with E-state index in [4.69, 9.17) is 9.16 Å². The lowest BCUT2D eigenvalue weighted by molar-refractivity contribution is 0.0246. The molecule has 0 N–H and O–H groups in total. The summed E-state index contributed by atoms with van der Waals surface area (Å²) in [5.74, 6) is 0. The van der Waals surface area contributed by atoms with Crippen molar-refractivity contribution in [3.05, 3.63) is 12.2 Å². The molecule has 0 aromatic carbocycles. The molecule has 1 heterocycles. The quantitative estimate of drug-likeness (QED) is 0.564. The molecule has 0 radical (unpaired) electrons. The highest BCUT2D eigenvalue weighted by Gasteiger charge is 2.33. The summed E-state index contributed by atoms with van der Waals surface area (Å²) in [4.78, 5) is 14.1. The van der Waals surface area contributed by atoms with Crippen LogP contribution in [0.15, 0.2) is 12.2 Å². The third kappa shape index (κ3) is 6.65. The van der Waals surface area contributed by atoms with Gasteiger partial charge in [-0.2, -0.15) is 0 Å². The summed E-state index contributed by atoms with van der Waals surface area (Å²) in [5.41, 5.74) is 0.628. The topological polar surface area (TPSA) is 38.8 Å². The van der Waals surface area contributed by atoms with E-state index in [-0.39, 0.29) is 12.1 Å². The SMILES string of the molecule is C=C(CCO[Si](C)(C)C)C1CCCN1C(=O)OC(C)(C)C. The van der Waals surface area contributed by atoms with Gasteiger partial charge < -0.3 is 14.1 Å². The van der Waals surface area contributed by atoms with Crippen molar-refractivity contribution in [1.82, 2.24) is 4.90 Å². The summed E-state index contributed by atoms with van der Waals surface area (Å²) in [7, 11) is -1.48. The summed E-state index contributed by atoms with van der Waals surface area (Å²) < 4.78 is 11.4. The molecule has 122 valence electrons. The zero-order valence-electron chi connectivity index (χ0n) is 14.5. The van der Waals surface area contributed by atoms with Gasteiger partial charge in [-0.1, -0.05) is 12.2 Å². The standard InChI is InChI=1S/C16H31NO3Si/c1-13(10-12-19-21(5,6)7)14-9-8-11-17(14)15(18)20-16(2,3)4/h14H,1,8-12H2,2-7H3. The fourth-order valence-electron chi connectivity index (χ4n) is 2.39. The minimum Gasteiger partial charge on any atom is -0.444 e. The average molecular weight is 314 g/mol. The molecule has 0 spiro atoms. The third-order valence-corrected chi connectivity index (χ3v) is 4.38. The van der Waals surface area contributed by atoms with Gasteiger partial charge in [-0.25, -0.2) is 4.79 Å². The van der Waals surface area contributed by atoms with Gasteiger partial charge in [0.15, 0.2) is 8.32 Å². The molecule has 5 heteroatoms. The van der Waals surface area contributed by atoms with Crippen LogP contribution in [-0.2, 0) is 9.16 Å². The predicted molar refractivity (Wildman–Crippen MR) is 89.0 cm³/mol. The normalized spacial score (nSPS) is 19.7. The molecule has 1 amide bonds. The number of hydrogen-bond donors (Lipinski definition) is 0. The number of ether oxygens (including phenoxy) is 1. The van der Waals surface area contributed by atoms with Gasteiger partial charge in [-0.05, 0) is 59.7 Å². The Balaban J connectivity index is 2.52. The van der Waals surface area contributed by atoms with Crippen molar-refractivity contribution < 1.29 is 14.0 Å². The molecular formula is C16H31NO3Si. The average Bonchev–Trinajstić information content (AvgIpc) is 2.73. The molecule has 1 aliphatic rings. The zero-order chi connectivity index (χ0) is 16.3. The van der Waals surface area contributed by atoms with Crippen LogP contribution >= 0.6 is 0 Å².